The minimum Gasteiger partial charge on any atom is -0.490 e. The molecule has 4 atom stereocenters. The van der Waals surface area contributed by atoms with Crippen LogP contribution in [0.15, 0.2) is 54.2 Å². The highest BCUT2D eigenvalue weighted by Crippen LogP contribution is 2.50. The number of urea groups is 1. The lowest BCUT2D eigenvalue weighted by Crippen LogP contribution is -2.53. The van der Waals surface area contributed by atoms with Crippen LogP contribution in [-0.2, 0) is 14.3 Å². The Balaban J connectivity index is 1.19. The highest BCUT2D eigenvalue weighted by atomic mass is 32.2. The molecule has 11 heteroatoms. The zero-order valence-electron chi connectivity index (χ0n) is 21.4. The number of thioether (sulfide) groups is 1. The van der Waals surface area contributed by atoms with Crippen LogP contribution in [0.25, 0.3) is 0 Å². The summed E-state index contributed by atoms with van der Waals surface area (Å²) in [6, 6.07) is 8.18. The number of amides is 4. The summed E-state index contributed by atoms with van der Waals surface area (Å²) < 4.78 is 11.5. The number of nitrogens with one attached hydrogen (secondary N) is 3. The third kappa shape index (κ3) is 5.08. The Hall–Kier alpha value is -3.57. The zero-order valence-corrected chi connectivity index (χ0v) is 22.2. The lowest BCUT2D eigenvalue weighted by atomic mass is 9.99. The monoisotopic (exact) mass is 549 g/mol. The second kappa shape index (κ2) is 10.9. The van der Waals surface area contributed by atoms with Crippen molar-refractivity contribution in [2.24, 2.45) is 0 Å². The summed E-state index contributed by atoms with van der Waals surface area (Å²) >= 11 is 1.36. The predicted molar refractivity (Wildman–Crippen MR) is 146 cm³/mol. The van der Waals surface area contributed by atoms with Crippen LogP contribution in [0, 0.1) is 0 Å². The molecule has 1 saturated carbocycles. The average Bonchev–Trinajstić information content (AvgIpc) is 3.54. The topological polar surface area (TPSA) is 122 Å². The van der Waals surface area contributed by atoms with Crippen molar-refractivity contribution in [3.05, 3.63) is 54.7 Å². The van der Waals surface area contributed by atoms with Gasteiger partial charge in [0.25, 0.3) is 0 Å². The van der Waals surface area contributed by atoms with Crippen molar-refractivity contribution >= 4 is 41.0 Å². The fourth-order valence-electron chi connectivity index (χ4n) is 5.75. The maximum atomic E-state index is 13.5. The van der Waals surface area contributed by atoms with Crippen LogP contribution in [0.1, 0.15) is 43.7 Å². The average molecular weight is 550 g/mol. The molecule has 204 valence electrons. The molecule has 10 nitrogen and oxygen atoms in total. The number of hydrogen-bond acceptors (Lipinski definition) is 7. The minimum absolute atomic E-state index is 0.130. The number of aromatic nitrogens is 1. The van der Waals surface area contributed by atoms with Gasteiger partial charge in [-0.2, -0.15) is 0 Å². The zero-order chi connectivity index (χ0) is 26.9. The summed E-state index contributed by atoms with van der Waals surface area (Å²) in [5.74, 6) is 0.324. The lowest BCUT2D eigenvalue weighted by Gasteiger charge is -2.34. The van der Waals surface area contributed by atoms with E-state index in [9.17, 15) is 14.4 Å². The van der Waals surface area contributed by atoms with Gasteiger partial charge in [-0.15, -0.1) is 0 Å². The van der Waals surface area contributed by atoms with Crippen LogP contribution in [0.5, 0.6) is 5.75 Å². The molecule has 3 aliphatic heterocycles. The molecule has 39 heavy (non-hydrogen) atoms. The third-order valence-corrected chi connectivity index (χ3v) is 8.98. The second-order valence-corrected chi connectivity index (χ2v) is 11.3. The summed E-state index contributed by atoms with van der Waals surface area (Å²) in [4.78, 5) is 44.8. The summed E-state index contributed by atoms with van der Waals surface area (Å²) in [7, 11) is 0. The van der Waals surface area contributed by atoms with Gasteiger partial charge in [-0.3, -0.25) is 14.5 Å². The molecule has 2 aromatic rings. The van der Waals surface area contributed by atoms with Gasteiger partial charge in [0.2, 0.25) is 11.8 Å². The molecule has 1 aromatic carbocycles. The SMILES string of the molecule is C=CC(=O)N[C@H]1CCC[C@H]1NC(=O)C1Sc2nccc3c2C1NC(=O)N3c1ccc(OC2CCOCC2)cc1. The van der Waals surface area contributed by atoms with E-state index < -0.39 is 11.3 Å². The normalized spacial score (nSPS) is 25.9. The fourth-order valence-corrected chi connectivity index (χ4v) is 6.99. The van der Waals surface area contributed by atoms with Gasteiger partial charge in [-0.25, -0.2) is 9.78 Å². The molecule has 1 saturated heterocycles. The van der Waals surface area contributed by atoms with Gasteiger partial charge in [0.05, 0.1) is 30.6 Å². The molecule has 1 aromatic heterocycles. The van der Waals surface area contributed by atoms with Crippen molar-refractivity contribution in [1.82, 2.24) is 20.9 Å². The van der Waals surface area contributed by atoms with Gasteiger partial charge in [0.15, 0.2) is 0 Å². The summed E-state index contributed by atoms with van der Waals surface area (Å²) in [6.45, 7) is 4.92. The smallest absolute Gasteiger partial charge is 0.327 e. The summed E-state index contributed by atoms with van der Waals surface area (Å²) in [5.41, 5.74) is 2.25. The third-order valence-electron chi connectivity index (χ3n) is 7.69. The van der Waals surface area contributed by atoms with Crippen LogP contribution < -0.4 is 25.6 Å². The molecular formula is C28H31N5O5S. The highest BCUT2D eigenvalue weighted by molar-refractivity contribution is 8.01. The van der Waals surface area contributed by atoms with E-state index in [0.717, 1.165) is 48.4 Å². The molecule has 6 rings (SSSR count). The lowest BCUT2D eigenvalue weighted by molar-refractivity contribution is -0.122. The Bertz CT molecular complexity index is 1280. The highest BCUT2D eigenvalue weighted by Gasteiger charge is 2.47. The molecule has 4 amide bonds. The van der Waals surface area contributed by atoms with E-state index in [2.05, 4.69) is 27.5 Å². The van der Waals surface area contributed by atoms with E-state index in [1.807, 2.05) is 30.3 Å². The van der Waals surface area contributed by atoms with Crippen molar-refractivity contribution in [3.63, 3.8) is 0 Å². The number of ether oxygens (including phenoxy) is 2. The van der Waals surface area contributed by atoms with E-state index >= 15 is 0 Å². The van der Waals surface area contributed by atoms with Crippen LogP contribution in [0.3, 0.4) is 0 Å². The number of rotatable bonds is 7. The first kappa shape index (κ1) is 25.7. The van der Waals surface area contributed by atoms with Gasteiger partial charge < -0.3 is 25.4 Å². The number of carbonyl (C=O) groups excluding carboxylic acids is 3. The first-order valence-corrected chi connectivity index (χ1v) is 14.2. The largest absolute Gasteiger partial charge is 0.490 e. The van der Waals surface area contributed by atoms with E-state index in [1.54, 1.807) is 11.1 Å². The number of nitrogens with zero attached hydrogens (tertiary/aromatic N) is 2. The second-order valence-electron chi connectivity index (χ2n) is 10.1. The maximum absolute atomic E-state index is 13.5. The quantitative estimate of drug-likeness (QED) is 0.453. The van der Waals surface area contributed by atoms with Crippen molar-refractivity contribution in [2.45, 2.75) is 66.6 Å². The van der Waals surface area contributed by atoms with Crippen LogP contribution >= 0.6 is 11.8 Å². The first-order valence-electron chi connectivity index (χ1n) is 13.4. The Labute approximate surface area is 230 Å². The number of hydrogen-bond donors (Lipinski definition) is 3. The van der Waals surface area contributed by atoms with E-state index in [-0.39, 0.29) is 36.0 Å². The van der Waals surface area contributed by atoms with Gasteiger partial charge in [-0.05, 0) is 55.7 Å². The van der Waals surface area contributed by atoms with Gasteiger partial charge in [-0.1, -0.05) is 18.3 Å². The van der Waals surface area contributed by atoms with Crippen molar-refractivity contribution in [3.8, 4) is 5.75 Å². The number of pyridine rings is 1. The predicted octanol–water partition coefficient (Wildman–Crippen LogP) is 3.36. The molecule has 1 aliphatic carbocycles. The first-order chi connectivity index (χ1) is 19.0. The molecule has 3 N–H and O–H groups in total. The fraction of sp³-hybridized carbons (Fsp3) is 0.429. The van der Waals surface area contributed by atoms with E-state index in [4.69, 9.17) is 9.47 Å². The number of carbonyl (C=O) groups is 3. The number of anilines is 2. The molecule has 0 radical (unpaired) electrons. The maximum Gasteiger partial charge on any atom is 0.327 e. The van der Waals surface area contributed by atoms with Crippen molar-refractivity contribution < 1.29 is 23.9 Å². The number of benzene rings is 1. The minimum atomic E-state index is -0.564. The van der Waals surface area contributed by atoms with E-state index in [1.165, 1.54) is 17.8 Å². The Morgan fingerprint density at radius 1 is 1.10 bits per heavy atom. The van der Waals surface area contributed by atoms with Crippen LogP contribution in [-0.4, -0.2) is 59.5 Å². The van der Waals surface area contributed by atoms with Crippen molar-refractivity contribution in [1.29, 1.82) is 0 Å². The summed E-state index contributed by atoms with van der Waals surface area (Å²) in [6.07, 6.45) is 7.24. The van der Waals surface area contributed by atoms with Gasteiger partial charge in [0, 0.05) is 36.7 Å². The van der Waals surface area contributed by atoms with Crippen LogP contribution in [0.4, 0.5) is 16.2 Å². The van der Waals surface area contributed by atoms with Gasteiger partial charge in [0.1, 0.15) is 22.1 Å². The Morgan fingerprint density at radius 3 is 2.59 bits per heavy atom. The Morgan fingerprint density at radius 2 is 1.85 bits per heavy atom. The molecule has 0 bridgehead atoms. The Kier molecular flexibility index (Phi) is 7.18. The molecule has 4 heterocycles. The van der Waals surface area contributed by atoms with Crippen LogP contribution in [0.2, 0.25) is 0 Å². The standard InChI is InChI=1S/C28H31N5O5S/c1-2-22(34)30-19-4-3-5-20(19)31-26(35)25-24-23-21(10-13-29-27(23)39-25)33(28(36)32-24)16-6-8-17(9-7-16)38-18-11-14-37-15-12-18/h2,6-10,13,18-20,24-25H,1,3-5,11-12,14-15H2,(H,30,34)(H,31,35)(H,32,36)/t19-,20+,24?,25?/m0/s1. The molecular weight excluding hydrogens is 518 g/mol. The van der Waals surface area contributed by atoms with Crippen molar-refractivity contribution in [2.75, 3.05) is 18.1 Å². The van der Waals surface area contributed by atoms with Gasteiger partial charge >= 0.3 is 6.03 Å². The molecule has 0 spiro atoms. The summed E-state index contributed by atoms with van der Waals surface area (Å²) in [5, 5.41) is 9.24. The molecule has 2 fully saturated rings. The molecule has 2 unspecified atom stereocenters. The molecule has 4 aliphatic rings. The van der Waals surface area contributed by atoms with E-state index in [0.29, 0.717) is 24.6 Å².